The van der Waals surface area contributed by atoms with Gasteiger partial charge in [0.05, 0.1) is 5.75 Å². The molecule has 0 atom stereocenters. The minimum absolute atomic E-state index is 0.759. The van der Waals surface area contributed by atoms with E-state index in [1.165, 1.54) is 0 Å². The van der Waals surface area contributed by atoms with Crippen LogP contribution in [0.15, 0.2) is 23.6 Å². The third kappa shape index (κ3) is 3.94. The molecule has 17 heavy (non-hydrogen) atoms. The Morgan fingerprint density at radius 2 is 2.12 bits per heavy atom. The lowest BCUT2D eigenvalue weighted by atomic mass is 10.5. The Bertz CT molecular complexity index is 445. The quantitative estimate of drug-likeness (QED) is 0.640. The summed E-state index contributed by atoms with van der Waals surface area (Å²) < 4.78 is 0. The summed E-state index contributed by atoms with van der Waals surface area (Å²) in [7, 11) is 0. The highest BCUT2D eigenvalue weighted by molar-refractivity contribution is 7.98. The van der Waals surface area contributed by atoms with E-state index in [9.17, 15) is 0 Å². The van der Waals surface area contributed by atoms with Gasteiger partial charge in [0.1, 0.15) is 5.01 Å². The van der Waals surface area contributed by atoms with Crippen LogP contribution >= 0.6 is 23.1 Å². The van der Waals surface area contributed by atoms with Crippen LogP contribution in [0.2, 0.25) is 0 Å². The lowest BCUT2D eigenvalue weighted by Gasteiger charge is -1.96. The van der Waals surface area contributed by atoms with Gasteiger partial charge in [-0.25, -0.2) is 9.97 Å². The Labute approximate surface area is 108 Å². The minimum Gasteiger partial charge on any atom is -0.360 e. The van der Waals surface area contributed by atoms with E-state index in [1.54, 1.807) is 35.5 Å². The normalized spacial score (nSPS) is 10.4. The van der Waals surface area contributed by atoms with Crippen molar-refractivity contribution in [1.29, 1.82) is 0 Å². The molecule has 0 aliphatic rings. The summed E-state index contributed by atoms with van der Waals surface area (Å²) in [5, 5.41) is 14.0. The fourth-order valence-corrected chi connectivity index (χ4v) is 2.66. The molecule has 0 spiro atoms. The largest absolute Gasteiger partial charge is 0.360 e. The van der Waals surface area contributed by atoms with Crippen LogP contribution in [0, 0.1) is 0 Å². The van der Waals surface area contributed by atoms with Crippen LogP contribution in [0.1, 0.15) is 18.4 Å². The average molecular weight is 267 g/mol. The molecule has 1 N–H and O–H groups in total. The van der Waals surface area contributed by atoms with Gasteiger partial charge in [0.25, 0.3) is 0 Å². The molecule has 0 radical (unpaired) electrons. The second-order valence-electron chi connectivity index (χ2n) is 3.25. The summed E-state index contributed by atoms with van der Waals surface area (Å²) in [6, 6.07) is 1.81. The van der Waals surface area contributed by atoms with Crippen molar-refractivity contribution in [2.24, 2.45) is 0 Å². The van der Waals surface area contributed by atoms with Gasteiger partial charge in [-0.15, -0.1) is 10.2 Å². The van der Waals surface area contributed by atoms with Gasteiger partial charge in [-0.2, -0.15) is 0 Å². The van der Waals surface area contributed by atoms with E-state index >= 15 is 0 Å². The SMILES string of the molecule is CCCNc1nnc(CSc2ncccn2)s1. The first-order valence-corrected chi connectivity index (χ1v) is 7.14. The molecule has 0 saturated carbocycles. The van der Waals surface area contributed by atoms with Crippen LogP contribution in [0.5, 0.6) is 0 Å². The van der Waals surface area contributed by atoms with Crippen molar-refractivity contribution in [2.75, 3.05) is 11.9 Å². The number of hydrogen-bond acceptors (Lipinski definition) is 7. The monoisotopic (exact) mass is 267 g/mol. The first-order chi connectivity index (χ1) is 8.38. The zero-order valence-electron chi connectivity index (χ0n) is 9.46. The number of anilines is 1. The lowest BCUT2D eigenvalue weighted by molar-refractivity contribution is 0.953. The van der Waals surface area contributed by atoms with Gasteiger partial charge >= 0.3 is 0 Å². The van der Waals surface area contributed by atoms with Gasteiger partial charge < -0.3 is 5.32 Å². The Kier molecular flexibility index (Phi) is 4.69. The minimum atomic E-state index is 0.759. The topological polar surface area (TPSA) is 63.6 Å². The Morgan fingerprint density at radius 3 is 2.88 bits per heavy atom. The molecule has 0 amide bonds. The predicted octanol–water partition coefficient (Wildman–Crippen LogP) is 2.44. The third-order valence-electron chi connectivity index (χ3n) is 1.86. The van der Waals surface area contributed by atoms with Gasteiger partial charge in [0, 0.05) is 18.9 Å². The molecule has 0 fully saturated rings. The molecule has 0 saturated heterocycles. The van der Waals surface area contributed by atoms with Crippen molar-refractivity contribution in [1.82, 2.24) is 20.2 Å². The maximum atomic E-state index is 4.14. The highest BCUT2D eigenvalue weighted by atomic mass is 32.2. The van der Waals surface area contributed by atoms with Gasteiger partial charge in [-0.1, -0.05) is 30.0 Å². The van der Waals surface area contributed by atoms with Gasteiger partial charge in [-0.3, -0.25) is 0 Å². The highest BCUT2D eigenvalue weighted by Gasteiger charge is 2.05. The maximum absolute atomic E-state index is 4.14. The average Bonchev–Trinajstić information content (AvgIpc) is 2.83. The molecule has 7 heteroatoms. The third-order valence-corrected chi connectivity index (χ3v) is 3.81. The summed E-state index contributed by atoms with van der Waals surface area (Å²) in [6.07, 6.45) is 4.56. The van der Waals surface area contributed by atoms with E-state index in [0.29, 0.717) is 0 Å². The first-order valence-electron chi connectivity index (χ1n) is 5.34. The number of hydrogen-bond donors (Lipinski definition) is 1. The summed E-state index contributed by atoms with van der Waals surface area (Å²) >= 11 is 3.15. The Morgan fingerprint density at radius 1 is 1.29 bits per heavy atom. The van der Waals surface area contributed by atoms with Crippen molar-refractivity contribution >= 4 is 28.2 Å². The molecule has 90 valence electrons. The van der Waals surface area contributed by atoms with Crippen molar-refractivity contribution in [3.63, 3.8) is 0 Å². The predicted molar refractivity (Wildman–Crippen MR) is 70.3 cm³/mol. The molecule has 0 aliphatic heterocycles. The molecule has 0 aliphatic carbocycles. The molecule has 5 nitrogen and oxygen atoms in total. The van der Waals surface area contributed by atoms with Crippen molar-refractivity contribution in [3.8, 4) is 0 Å². The molecular weight excluding hydrogens is 254 g/mol. The van der Waals surface area contributed by atoms with Crippen molar-refractivity contribution in [2.45, 2.75) is 24.3 Å². The second-order valence-corrected chi connectivity index (χ2v) is 5.25. The van der Waals surface area contributed by atoms with Crippen LogP contribution in [0.3, 0.4) is 0 Å². The Balaban J connectivity index is 1.85. The molecule has 0 aromatic carbocycles. The number of aromatic nitrogens is 4. The summed E-state index contributed by atoms with van der Waals surface area (Å²) in [5.74, 6) is 0.759. The number of rotatable bonds is 6. The molecule has 0 bridgehead atoms. The number of thioether (sulfide) groups is 1. The van der Waals surface area contributed by atoms with E-state index in [-0.39, 0.29) is 0 Å². The van der Waals surface area contributed by atoms with Gasteiger partial charge in [-0.05, 0) is 12.5 Å². The molecule has 2 aromatic rings. The summed E-state index contributed by atoms with van der Waals surface area (Å²) in [6.45, 7) is 3.06. The van der Waals surface area contributed by atoms with Crippen molar-refractivity contribution in [3.05, 3.63) is 23.5 Å². The molecule has 2 heterocycles. The summed E-state index contributed by atoms with van der Waals surface area (Å²) in [4.78, 5) is 8.29. The molecule has 2 aromatic heterocycles. The van der Waals surface area contributed by atoms with E-state index in [2.05, 4.69) is 32.4 Å². The molecular formula is C10H13N5S2. The van der Waals surface area contributed by atoms with E-state index in [4.69, 9.17) is 0 Å². The Hall–Kier alpha value is -1.21. The van der Waals surface area contributed by atoms with Gasteiger partial charge in [0.2, 0.25) is 5.13 Å². The number of nitrogens with one attached hydrogen (secondary N) is 1. The van der Waals surface area contributed by atoms with Crippen molar-refractivity contribution < 1.29 is 0 Å². The summed E-state index contributed by atoms with van der Waals surface area (Å²) in [5.41, 5.74) is 0. The van der Waals surface area contributed by atoms with E-state index in [1.807, 2.05) is 6.07 Å². The van der Waals surface area contributed by atoms with Crippen LogP contribution in [0.4, 0.5) is 5.13 Å². The lowest BCUT2D eigenvalue weighted by Crippen LogP contribution is -1.98. The first kappa shape index (κ1) is 12.3. The molecule has 2 rings (SSSR count). The van der Waals surface area contributed by atoms with Crippen LogP contribution in [-0.4, -0.2) is 26.7 Å². The fourth-order valence-electron chi connectivity index (χ4n) is 1.10. The number of nitrogens with zero attached hydrogens (tertiary/aromatic N) is 4. The highest BCUT2D eigenvalue weighted by Crippen LogP contribution is 2.23. The van der Waals surface area contributed by atoms with Crippen LogP contribution in [-0.2, 0) is 5.75 Å². The smallest absolute Gasteiger partial charge is 0.205 e. The zero-order chi connectivity index (χ0) is 11.9. The maximum Gasteiger partial charge on any atom is 0.205 e. The zero-order valence-corrected chi connectivity index (χ0v) is 11.1. The fraction of sp³-hybridized carbons (Fsp3) is 0.400. The second kappa shape index (κ2) is 6.51. The van der Waals surface area contributed by atoms with E-state index < -0.39 is 0 Å². The van der Waals surface area contributed by atoms with Crippen LogP contribution in [0.25, 0.3) is 0 Å². The van der Waals surface area contributed by atoms with Gasteiger partial charge in [0.15, 0.2) is 5.16 Å². The molecule has 0 unspecified atom stereocenters. The van der Waals surface area contributed by atoms with Crippen LogP contribution < -0.4 is 5.32 Å². The standard InChI is InChI=1S/C10H13N5S2/c1-2-4-11-10-15-14-8(17-10)7-16-9-12-5-3-6-13-9/h3,5-6H,2,4,7H2,1H3,(H,11,15). The van der Waals surface area contributed by atoms with E-state index in [0.717, 1.165) is 34.0 Å².